The van der Waals surface area contributed by atoms with Crippen LogP contribution in [0.3, 0.4) is 0 Å². The quantitative estimate of drug-likeness (QED) is 0.413. The minimum Gasteiger partial charge on any atom is -0.497 e. The number of rotatable bonds is 7. The Bertz CT molecular complexity index is 1310. The number of hydrogen-bond acceptors (Lipinski definition) is 6. The van der Waals surface area contributed by atoms with Crippen LogP contribution < -0.4 is 10.1 Å². The SMILES string of the molecule is COc1ccc(CNc2oc(-c3ccc(F)cc3)nc2S(=O)(=O)c2ccc(C)cc2)cc1. The molecule has 0 amide bonds. The van der Waals surface area contributed by atoms with Crippen molar-refractivity contribution < 1.29 is 22.0 Å². The van der Waals surface area contributed by atoms with Crippen LogP contribution in [0.4, 0.5) is 10.3 Å². The first kappa shape index (κ1) is 21.6. The summed E-state index contributed by atoms with van der Waals surface area (Å²) in [5.41, 5.74) is 2.29. The van der Waals surface area contributed by atoms with Gasteiger partial charge in [0.05, 0.1) is 12.0 Å². The molecule has 4 rings (SSSR count). The Morgan fingerprint density at radius 1 is 0.969 bits per heavy atom. The summed E-state index contributed by atoms with van der Waals surface area (Å²) in [7, 11) is -2.37. The highest BCUT2D eigenvalue weighted by Crippen LogP contribution is 2.33. The molecule has 0 saturated heterocycles. The van der Waals surface area contributed by atoms with Crippen LogP contribution in [0, 0.1) is 12.7 Å². The van der Waals surface area contributed by atoms with Gasteiger partial charge in [-0.05, 0) is 61.0 Å². The number of aryl methyl sites for hydroxylation is 1. The van der Waals surface area contributed by atoms with Crippen LogP contribution in [0.1, 0.15) is 11.1 Å². The van der Waals surface area contributed by atoms with E-state index in [0.717, 1.165) is 16.9 Å². The van der Waals surface area contributed by atoms with Crippen molar-refractivity contribution in [2.24, 2.45) is 0 Å². The molecule has 1 heterocycles. The van der Waals surface area contributed by atoms with Crippen LogP contribution in [0.15, 0.2) is 87.1 Å². The molecule has 0 unspecified atom stereocenters. The van der Waals surface area contributed by atoms with Gasteiger partial charge in [0.2, 0.25) is 26.6 Å². The predicted octanol–water partition coefficient (Wildman–Crippen LogP) is 5.24. The summed E-state index contributed by atoms with van der Waals surface area (Å²) < 4.78 is 50.9. The maximum absolute atomic E-state index is 13.3. The van der Waals surface area contributed by atoms with Crippen molar-refractivity contribution in [2.75, 3.05) is 12.4 Å². The highest BCUT2D eigenvalue weighted by Gasteiger charge is 2.28. The molecule has 6 nitrogen and oxygen atoms in total. The monoisotopic (exact) mass is 452 g/mol. The number of nitrogens with one attached hydrogen (secondary N) is 1. The molecule has 0 bridgehead atoms. The van der Waals surface area contributed by atoms with E-state index < -0.39 is 15.7 Å². The third-order valence-electron chi connectivity index (χ3n) is 4.89. The molecular formula is C24H21FN2O4S. The first-order chi connectivity index (χ1) is 15.4. The maximum atomic E-state index is 13.3. The van der Waals surface area contributed by atoms with E-state index in [2.05, 4.69) is 10.3 Å². The van der Waals surface area contributed by atoms with Gasteiger partial charge in [0, 0.05) is 12.1 Å². The minimum absolute atomic E-state index is 0.0146. The predicted molar refractivity (Wildman–Crippen MR) is 119 cm³/mol. The molecule has 0 aliphatic heterocycles. The van der Waals surface area contributed by atoms with Crippen molar-refractivity contribution in [2.45, 2.75) is 23.4 Å². The lowest BCUT2D eigenvalue weighted by atomic mass is 10.2. The van der Waals surface area contributed by atoms with Crippen LogP contribution in [-0.2, 0) is 16.4 Å². The zero-order chi connectivity index (χ0) is 22.7. The number of halogens is 1. The second-order valence-electron chi connectivity index (χ2n) is 7.18. The molecule has 164 valence electrons. The van der Waals surface area contributed by atoms with Crippen molar-refractivity contribution in [3.8, 4) is 17.2 Å². The van der Waals surface area contributed by atoms with Gasteiger partial charge in [0.25, 0.3) is 0 Å². The fourth-order valence-corrected chi connectivity index (χ4v) is 4.35. The maximum Gasteiger partial charge on any atom is 0.234 e. The first-order valence-electron chi connectivity index (χ1n) is 9.82. The molecule has 0 atom stereocenters. The Balaban J connectivity index is 1.72. The van der Waals surface area contributed by atoms with E-state index in [9.17, 15) is 12.8 Å². The number of anilines is 1. The van der Waals surface area contributed by atoms with Crippen LogP contribution in [0.5, 0.6) is 5.75 Å². The molecule has 3 aromatic carbocycles. The number of benzene rings is 3. The highest BCUT2D eigenvalue weighted by atomic mass is 32.2. The zero-order valence-electron chi connectivity index (χ0n) is 17.5. The third kappa shape index (κ3) is 4.50. The van der Waals surface area contributed by atoms with Crippen molar-refractivity contribution in [3.05, 3.63) is 89.7 Å². The molecule has 0 aliphatic carbocycles. The smallest absolute Gasteiger partial charge is 0.234 e. The summed E-state index contributed by atoms with van der Waals surface area (Å²) in [5, 5.41) is 2.81. The van der Waals surface area contributed by atoms with E-state index in [1.54, 1.807) is 19.2 Å². The van der Waals surface area contributed by atoms with Crippen molar-refractivity contribution in [1.82, 2.24) is 4.98 Å². The molecule has 0 aliphatic rings. The normalized spacial score (nSPS) is 11.3. The molecule has 32 heavy (non-hydrogen) atoms. The molecule has 0 radical (unpaired) electrons. The molecule has 8 heteroatoms. The molecule has 1 N–H and O–H groups in total. The average molecular weight is 453 g/mol. The molecule has 0 saturated carbocycles. The minimum atomic E-state index is -3.96. The number of oxazole rings is 1. The van der Waals surface area contributed by atoms with E-state index >= 15 is 0 Å². The van der Waals surface area contributed by atoms with Crippen molar-refractivity contribution in [1.29, 1.82) is 0 Å². The summed E-state index contributed by atoms with van der Waals surface area (Å²) in [6, 6.07) is 19.3. The second kappa shape index (κ2) is 8.84. The number of sulfone groups is 1. The molecule has 0 spiro atoms. The van der Waals surface area contributed by atoms with Gasteiger partial charge in [-0.25, -0.2) is 12.8 Å². The van der Waals surface area contributed by atoms with Gasteiger partial charge in [0.15, 0.2) is 0 Å². The van der Waals surface area contributed by atoms with Crippen LogP contribution in [0.2, 0.25) is 0 Å². The average Bonchev–Trinajstić information content (AvgIpc) is 3.24. The van der Waals surface area contributed by atoms with Gasteiger partial charge in [0.1, 0.15) is 11.6 Å². The molecule has 0 fully saturated rings. The van der Waals surface area contributed by atoms with Crippen molar-refractivity contribution >= 4 is 15.7 Å². The van der Waals surface area contributed by atoms with E-state index in [1.165, 1.54) is 36.4 Å². The Labute approximate surface area is 185 Å². The van der Waals surface area contributed by atoms with Gasteiger partial charge in [-0.2, -0.15) is 4.98 Å². The Morgan fingerprint density at radius 3 is 2.25 bits per heavy atom. The van der Waals surface area contributed by atoms with Crippen molar-refractivity contribution in [3.63, 3.8) is 0 Å². The zero-order valence-corrected chi connectivity index (χ0v) is 18.3. The lowest BCUT2D eigenvalue weighted by Crippen LogP contribution is -2.07. The number of aromatic nitrogens is 1. The third-order valence-corrected chi connectivity index (χ3v) is 6.56. The van der Waals surface area contributed by atoms with E-state index in [4.69, 9.17) is 9.15 Å². The Hall–Kier alpha value is -3.65. The Morgan fingerprint density at radius 2 is 1.62 bits per heavy atom. The fraction of sp³-hybridized carbons (Fsp3) is 0.125. The summed E-state index contributed by atoms with van der Waals surface area (Å²) in [4.78, 5) is 4.37. The highest BCUT2D eigenvalue weighted by molar-refractivity contribution is 7.91. The van der Waals surface area contributed by atoms with Crippen LogP contribution in [0.25, 0.3) is 11.5 Å². The van der Waals surface area contributed by atoms with Crippen LogP contribution >= 0.6 is 0 Å². The lowest BCUT2D eigenvalue weighted by molar-refractivity contribution is 0.414. The summed E-state index contributed by atoms with van der Waals surface area (Å²) in [6.07, 6.45) is 0. The van der Waals surface area contributed by atoms with Gasteiger partial charge in [-0.3, -0.25) is 0 Å². The second-order valence-corrected chi connectivity index (χ2v) is 9.04. The lowest BCUT2D eigenvalue weighted by Gasteiger charge is -2.07. The number of hydrogen-bond donors (Lipinski definition) is 1. The number of nitrogens with zero attached hydrogens (tertiary/aromatic N) is 1. The van der Waals surface area contributed by atoms with Gasteiger partial charge in [-0.15, -0.1) is 0 Å². The largest absolute Gasteiger partial charge is 0.497 e. The summed E-state index contributed by atoms with van der Waals surface area (Å²) in [6.45, 7) is 2.18. The molecule has 1 aromatic heterocycles. The van der Waals surface area contributed by atoms with Crippen LogP contribution in [-0.4, -0.2) is 20.5 Å². The number of ether oxygens (including phenoxy) is 1. The summed E-state index contributed by atoms with van der Waals surface area (Å²) in [5.74, 6) is 0.397. The standard InChI is InChI=1S/C24H21FN2O4S/c1-16-3-13-21(14-4-16)32(28,29)24-23(26-15-17-5-11-20(30-2)12-6-17)31-22(27-24)18-7-9-19(25)10-8-18/h3-14,26H,15H2,1-2H3. The van der Waals surface area contributed by atoms with Gasteiger partial charge in [-0.1, -0.05) is 29.8 Å². The molecular weight excluding hydrogens is 431 g/mol. The molecule has 4 aromatic rings. The van der Waals surface area contributed by atoms with E-state index in [-0.39, 0.29) is 21.7 Å². The summed E-state index contributed by atoms with van der Waals surface area (Å²) >= 11 is 0. The van der Waals surface area contributed by atoms with Gasteiger partial charge < -0.3 is 14.5 Å². The van der Waals surface area contributed by atoms with E-state index in [0.29, 0.717) is 12.1 Å². The topological polar surface area (TPSA) is 81.4 Å². The van der Waals surface area contributed by atoms with E-state index in [1.807, 2.05) is 31.2 Å². The Kier molecular flexibility index (Phi) is 5.96. The first-order valence-corrected chi connectivity index (χ1v) is 11.3. The number of methoxy groups -OCH3 is 1. The van der Waals surface area contributed by atoms with Gasteiger partial charge >= 0.3 is 0 Å². The fourth-order valence-electron chi connectivity index (χ4n) is 3.07.